The summed E-state index contributed by atoms with van der Waals surface area (Å²) < 4.78 is 38.2. The Labute approximate surface area is 116 Å². The lowest BCUT2D eigenvalue weighted by Crippen LogP contribution is -2.22. The van der Waals surface area contributed by atoms with E-state index in [2.05, 4.69) is 20.6 Å². The van der Waals surface area contributed by atoms with Crippen LogP contribution in [0.2, 0.25) is 0 Å². The van der Waals surface area contributed by atoms with Gasteiger partial charge in [0.05, 0.1) is 0 Å². The molecule has 0 radical (unpaired) electrons. The van der Waals surface area contributed by atoms with E-state index < -0.39 is 12.0 Å². The van der Waals surface area contributed by atoms with Gasteiger partial charge in [-0.2, -0.15) is 13.2 Å². The van der Waals surface area contributed by atoms with Crippen molar-refractivity contribution in [3.63, 3.8) is 0 Å². The quantitative estimate of drug-likeness (QED) is 0.841. The molecule has 0 aliphatic heterocycles. The molecule has 1 unspecified atom stereocenters. The van der Waals surface area contributed by atoms with E-state index in [9.17, 15) is 13.2 Å². The highest BCUT2D eigenvalue weighted by molar-refractivity contribution is 5.48. The number of hydrogen-bond donors (Lipinski definition) is 2. The second-order valence-electron chi connectivity index (χ2n) is 5.14. The van der Waals surface area contributed by atoms with E-state index in [4.69, 9.17) is 0 Å². The predicted octanol–water partition coefficient (Wildman–Crippen LogP) is 3.53. The first-order valence-electron chi connectivity index (χ1n) is 6.83. The van der Waals surface area contributed by atoms with Gasteiger partial charge in [-0.05, 0) is 18.8 Å². The molecule has 7 heteroatoms. The number of nitrogens with one attached hydrogen (secondary N) is 2. The third kappa shape index (κ3) is 3.98. The monoisotopic (exact) mass is 288 g/mol. The van der Waals surface area contributed by atoms with E-state index in [0.717, 1.165) is 12.8 Å². The molecular weight excluding hydrogens is 269 g/mol. The van der Waals surface area contributed by atoms with Gasteiger partial charge >= 0.3 is 6.18 Å². The first-order valence-corrected chi connectivity index (χ1v) is 6.83. The number of rotatable bonds is 6. The van der Waals surface area contributed by atoms with Crippen molar-refractivity contribution in [1.29, 1.82) is 0 Å². The summed E-state index contributed by atoms with van der Waals surface area (Å²) in [6, 6.07) is 1.66. The maximum Gasteiger partial charge on any atom is 0.451 e. The van der Waals surface area contributed by atoms with Crippen molar-refractivity contribution >= 4 is 11.6 Å². The number of alkyl halides is 3. The molecule has 2 N–H and O–H groups in total. The molecule has 20 heavy (non-hydrogen) atoms. The normalized spacial score (nSPS) is 16.9. The van der Waals surface area contributed by atoms with Crippen LogP contribution in [0.1, 0.15) is 38.4 Å². The molecule has 2 rings (SSSR count). The molecule has 1 aliphatic carbocycles. The summed E-state index contributed by atoms with van der Waals surface area (Å²) in [6.45, 7) is 2.02. The van der Waals surface area contributed by atoms with E-state index in [1.807, 2.05) is 6.92 Å². The average Bonchev–Trinajstić information content (AvgIpc) is 3.20. The van der Waals surface area contributed by atoms with Gasteiger partial charge in [-0.3, -0.25) is 0 Å². The van der Waals surface area contributed by atoms with Crippen LogP contribution in [-0.2, 0) is 6.18 Å². The highest BCUT2D eigenvalue weighted by atomic mass is 19.4. The Kier molecular flexibility index (Phi) is 4.35. The van der Waals surface area contributed by atoms with Crippen molar-refractivity contribution < 1.29 is 13.2 Å². The zero-order chi connectivity index (χ0) is 14.8. The maximum absolute atomic E-state index is 12.7. The van der Waals surface area contributed by atoms with Crippen LogP contribution in [0.4, 0.5) is 24.8 Å². The SMILES string of the molecule is CCC(CC1CC1)Nc1cc(NC)nc(C(F)(F)F)n1. The molecule has 1 atom stereocenters. The van der Waals surface area contributed by atoms with Crippen molar-refractivity contribution in [1.82, 2.24) is 9.97 Å². The van der Waals surface area contributed by atoms with Gasteiger partial charge in [-0.1, -0.05) is 19.8 Å². The summed E-state index contributed by atoms with van der Waals surface area (Å²) in [6.07, 6.45) is -0.260. The molecule has 1 heterocycles. The topological polar surface area (TPSA) is 49.8 Å². The van der Waals surface area contributed by atoms with E-state index in [0.29, 0.717) is 5.92 Å². The lowest BCUT2D eigenvalue weighted by atomic mass is 10.1. The van der Waals surface area contributed by atoms with Crippen LogP contribution in [-0.4, -0.2) is 23.1 Å². The zero-order valence-corrected chi connectivity index (χ0v) is 11.6. The summed E-state index contributed by atoms with van der Waals surface area (Å²) in [7, 11) is 1.54. The third-order valence-corrected chi connectivity index (χ3v) is 3.40. The molecule has 0 aromatic carbocycles. The van der Waals surface area contributed by atoms with Crippen LogP contribution in [0.5, 0.6) is 0 Å². The summed E-state index contributed by atoms with van der Waals surface area (Å²) in [5.74, 6) is -0.0199. The fourth-order valence-corrected chi connectivity index (χ4v) is 2.07. The van der Waals surface area contributed by atoms with Gasteiger partial charge in [0, 0.05) is 19.2 Å². The van der Waals surface area contributed by atoms with E-state index >= 15 is 0 Å². The molecule has 112 valence electrons. The minimum Gasteiger partial charge on any atom is -0.373 e. The Bertz CT molecular complexity index is 457. The van der Waals surface area contributed by atoms with Gasteiger partial charge < -0.3 is 10.6 Å². The molecular formula is C13H19F3N4. The van der Waals surface area contributed by atoms with Gasteiger partial charge in [0.1, 0.15) is 11.6 Å². The lowest BCUT2D eigenvalue weighted by molar-refractivity contribution is -0.144. The molecule has 1 aromatic rings. The minimum absolute atomic E-state index is 0.156. The minimum atomic E-state index is -4.54. The Morgan fingerprint density at radius 3 is 2.45 bits per heavy atom. The van der Waals surface area contributed by atoms with Crippen LogP contribution in [0, 0.1) is 5.92 Å². The molecule has 0 amide bonds. The van der Waals surface area contributed by atoms with Crippen molar-refractivity contribution in [2.24, 2.45) is 5.92 Å². The molecule has 1 aromatic heterocycles. The highest BCUT2D eigenvalue weighted by Crippen LogP contribution is 2.35. The van der Waals surface area contributed by atoms with Crippen LogP contribution < -0.4 is 10.6 Å². The van der Waals surface area contributed by atoms with Gasteiger partial charge in [0.15, 0.2) is 0 Å². The number of halogens is 3. The number of nitrogens with zero attached hydrogens (tertiary/aromatic N) is 2. The first kappa shape index (κ1) is 14.9. The number of hydrogen-bond acceptors (Lipinski definition) is 4. The van der Waals surface area contributed by atoms with Gasteiger partial charge in [0.25, 0.3) is 0 Å². The smallest absolute Gasteiger partial charge is 0.373 e. The predicted molar refractivity (Wildman–Crippen MR) is 71.6 cm³/mol. The van der Waals surface area contributed by atoms with Crippen LogP contribution in [0.25, 0.3) is 0 Å². The van der Waals surface area contributed by atoms with Gasteiger partial charge in [0.2, 0.25) is 5.82 Å². The van der Waals surface area contributed by atoms with E-state index in [-0.39, 0.29) is 17.7 Å². The summed E-state index contributed by atoms with van der Waals surface area (Å²) in [5.41, 5.74) is 0. The molecule has 0 saturated heterocycles. The van der Waals surface area contributed by atoms with Crippen LogP contribution in [0.15, 0.2) is 6.07 Å². The summed E-state index contributed by atoms with van der Waals surface area (Å²) in [5, 5.41) is 5.73. The van der Waals surface area contributed by atoms with Crippen LogP contribution in [0.3, 0.4) is 0 Å². The fourth-order valence-electron chi connectivity index (χ4n) is 2.07. The van der Waals surface area contributed by atoms with E-state index in [1.54, 1.807) is 0 Å². The molecule has 0 spiro atoms. The van der Waals surface area contributed by atoms with Crippen molar-refractivity contribution in [2.45, 2.75) is 44.8 Å². The maximum atomic E-state index is 12.7. The second-order valence-corrected chi connectivity index (χ2v) is 5.14. The number of aromatic nitrogens is 2. The highest BCUT2D eigenvalue weighted by Gasteiger charge is 2.35. The van der Waals surface area contributed by atoms with Crippen molar-refractivity contribution in [3.05, 3.63) is 11.9 Å². The Morgan fingerprint density at radius 1 is 1.30 bits per heavy atom. The average molecular weight is 288 g/mol. The molecule has 1 fully saturated rings. The standard InChI is InChI=1S/C13H19F3N4/c1-3-9(6-8-4-5-8)18-11-7-10(17-2)19-12(20-11)13(14,15)16/h7-9H,3-6H2,1-2H3,(H2,17,18,19,20). The van der Waals surface area contributed by atoms with Crippen LogP contribution >= 0.6 is 0 Å². The van der Waals surface area contributed by atoms with Crippen molar-refractivity contribution in [2.75, 3.05) is 17.7 Å². The molecule has 0 bridgehead atoms. The summed E-state index contributed by atoms with van der Waals surface area (Å²) in [4.78, 5) is 7.02. The molecule has 4 nitrogen and oxygen atoms in total. The molecule has 1 aliphatic rings. The zero-order valence-electron chi connectivity index (χ0n) is 11.6. The Hall–Kier alpha value is -1.53. The Morgan fingerprint density at radius 2 is 1.95 bits per heavy atom. The fraction of sp³-hybridized carbons (Fsp3) is 0.692. The van der Waals surface area contributed by atoms with Gasteiger partial charge in [-0.15, -0.1) is 0 Å². The largest absolute Gasteiger partial charge is 0.451 e. The third-order valence-electron chi connectivity index (χ3n) is 3.40. The molecule has 1 saturated carbocycles. The first-order chi connectivity index (χ1) is 9.42. The second kappa shape index (κ2) is 5.85. The lowest BCUT2D eigenvalue weighted by Gasteiger charge is -2.18. The van der Waals surface area contributed by atoms with Crippen molar-refractivity contribution in [3.8, 4) is 0 Å². The van der Waals surface area contributed by atoms with Gasteiger partial charge in [-0.25, -0.2) is 9.97 Å². The summed E-state index contributed by atoms with van der Waals surface area (Å²) >= 11 is 0. The van der Waals surface area contributed by atoms with E-state index in [1.165, 1.54) is 26.0 Å². The number of anilines is 2. The Balaban J connectivity index is 2.16.